The molecular formula is C23H31N3O7. The summed E-state index contributed by atoms with van der Waals surface area (Å²) < 4.78 is 10.6. The lowest BCUT2D eigenvalue weighted by molar-refractivity contribution is -0.275. The van der Waals surface area contributed by atoms with Crippen molar-refractivity contribution in [2.24, 2.45) is 5.92 Å². The molecule has 2 atom stereocenters. The molecule has 10 heteroatoms. The number of piperazine rings is 1. The fourth-order valence-electron chi connectivity index (χ4n) is 4.22. The van der Waals surface area contributed by atoms with Crippen LogP contribution in [-0.2, 0) is 30.3 Å². The predicted octanol–water partition coefficient (Wildman–Crippen LogP) is 1.52. The van der Waals surface area contributed by atoms with E-state index in [1.807, 2.05) is 13.8 Å². The molecule has 1 saturated carbocycles. The smallest absolute Gasteiger partial charge is 0.436 e. The Hall–Kier alpha value is -2.85. The molecule has 3 aliphatic rings. The minimum Gasteiger partial charge on any atom is -0.508 e. The molecule has 2 aliphatic heterocycles. The minimum absolute atomic E-state index is 0.104. The molecule has 1 aliphatic carbocycles. The van der Waals surface area contributed by atoms with E-state index in [4.69, 9.17) is 14.3 Å². The average molecular weight is 462 g/mol. The number of phenolic OH excluding ortho intramolecular Hbond substituents is 1. The number of ether oxygens (including phenoxy) is 2. The number of phenols is 1. The molecule has 1 unspecified atom stereocenters. The van der Waals surface area contributed by atoms with Crippen LogP contribution in [0.5, 0.6) is 5.75 Å². The Morgan fingerprint density at radius 2 is 1.94 bits per heavy atom. The maximum Gasteiger partial charge on any atom is 0.436 e. The summed E-state index contributed by atoms with van der Waals surface area (Å²) in [7, 11) is 1.55. The highest BCUT2D eigenvalue weighted by Gasteiger charge is 2.65. The summed E-state index contributed by atoms with van der Waals surface area (Å²) in [4.78, 5) is 49.0. The number of benzene rings is 1. The lowest BCUT2D eigenvalue weighted by Gasteiger charge is -2.52. The van der Waals surface area contributed by atoms with Gasteiger partial charge in [-0.25, -0.2) is 9.63 Å². The van der Waals surface area contributed by atoms with E-state index in [-0.39, 0.29) is 43.1 Å². The summed E-state index contributed by atoms with van der Waals surface area (Å²) in [6.07, 6.45) is -0.259. The number of hydrogen-bond donors (Lipinski definition) is 1. The van der Waals surface area contributed by atoms with E-state index in [1.165, 1.54) is 4.90 Å². The Morgan fingerprint density at radius 1 is 1.24 bits per heavy atom. The van der Waals surface area contributed by atoms with Crippen LogP contribution < -0.4 is 0 Å². The molecular weight excluding hydrogens is 430 g/mol. The first-order valence-corrected chi connectivity index (χ1v) is 11.3. The van der Waals surface area contributed by atoms with Crippen molar-refractivity contribution < 1.29 is 33.8 Å². The lowest BCUT2D eigenvalue weighted by Crippen LogP contribution is -2.74. The first-order chi connectivity index (χ1) is 15.8. The zero-order valence-corrected chi connectivity index (χ0v) is 19.2. The first kappa shape index (κ1) is 23.3. The van der Waals surface area contributed by atoms with Gasteiger partial charge in [-0.2, -0.15) is 5.06 Å². The molecule has 4 rings (SSSR count). The Morgan fingerprint density at radius 3 is 2.55 bits per heavy atom. The fraction of sp³-hybridized carbons (Fsp3) is 0.609. The van der Waals surface area contributed by atoms with Gasteiger partial charge >= 0.3 is 6.09 Å². The number of nitrogens with zero attached hydrogens (tertiary/aromatic N) is 3. The summed E-state index contributed by atoms with van der Waals surface area (Å²) in [5.41, 5.74) is -0.327. The molecule has 10 nitrogen and oxygen atoms in total. The van der Waals surface area contributed by atoms with Gasteiger partial charge in [0.15, 0.2) is 11.8 Å². The van der Waals surface area contributed by atoms with Gasteiger partial charge in [0.05, 0.1) is 19.8 Å². The molecule has 2 heterocycles. The zero-order valence-electron chi connectivity index (χ0n) is 19.2. The number of hydrogen-bond acceptors (Lipinski definition) is 7. The molecule has 2 saturated heterocycles. The number of methoxy groups -OCH3 is 1. The summed E-state index contributed by atoms with van der Waals surface area (Å²) in [6, 6.07) is 5.71. The molecule has 1 N–H and O–H groups in total. The van der Waals surface area contributed by atoms with Crippen LogP contribution in [0.1, 0.15) is 32.3 Å². The third-order valence-electron chi connectivity index (χ3n) is 6.16. The van der Waals surface area contributed by atoms with Crippen LogP contribution in [0.25, 0.3) is 0 Å². The number of fused-ring (bicyclic) bond motifs is 1. The molecule has 1 spiro atoms. The van der Waals surface area contributed by atoms with Crippen molar-refractivity contribution in [3.63, 3.8) is 0 Å². The van der Waals surface area contributed by atoms with Crippen molar-refractivity contribution in [1.82, 2.24) is 14.9 Å². The molecule has 0 radical (unpaired) electrons. The van der Waals surface area contributed by atoms with Gasteiger partial charge in [-0.05, 0) is 36.5 Å². The second-order valence-corrected chi connectivity index (χ2v) is 9.24. The van der Waals surface area contributed by atoms with E-state index < -0.39 is 23.9 Å². The van der Waals surface area contributed by atoms with Crippen molar-refractivity contribution in [3.8, 4) is 5.75 Å². The normalized spacial score (nSPS) is 23.8. The van der Waals surface area contributed by atoms with Crippen LogP contribution in [0.3, 0.4) is 0 Å². The summed E-state index contributed by atoms with van der Waals surface area (Å²) in [5.74, 6) is -0.228. The van der Waals surface area contributed by atoms with E-state index in [0.29, 0.717) is 26.0 Å². The summed E-state index contributed by atoms with van der Waals surface area (Å²) >= 11 is 0. The van der Waals surface area contributed by atoms with Gasteiger partial charge < -0.3 is 24.4 Å². The maximum atomic E-state index is 13.5. The van der Waals surface area contributed by atoms with Crippen molar-refractivity contribution in [3.05, 3.63) is 29.8 Å². The van der Waals surface area contributed by atoms with Gasteiger partial charge in [-0.3, -0.25) is 9.59 Å². The van der Waals surface area contributed by atoms with E-state index >= 15 is 0 Å². The highest BCUT2D eigenvalue weighted by atomic mass is 16.8. The van der Waals surface area contributed by atoms with Gasteiger partial charge in [-0.15, -0.1) is 0 Å². The van der Waals surface area contributed by atoms with Gasteiger partial charge in [0.25, 0.3) is 5.91 Å². The first-order valence-electron chi connectivity index (χ1n) is 11.3. The van der Waals surface area contributed by atoms with Gasteiger partial charge in [-0.1, -0.05) is 26.0 Å². The SMILES string of the molecule is COCCN1CC2N(C(=O)OCC(C)C)OC3(CC3)C(=O)N2[C@@H](Cc2ccc(O)cc2)C1=O. The Bertz CT molecular complexity index is 900. The molecule has 0 aromatic heterocycles. The molecule has 3 amide bonds. The van der Waals surface area contributed by atoms with E-state index in [0.717, 1.165) is 10.6 Å². The third-order valence-corrected chi connectivity index (χ3v) is 6.16. The fourth-order valence-corrected chi connectivity index (χ4v) is 4.22. The molecule has 3 fully saturated rings. The number of carbonyl (C=O) groups excluding carboxylic acids is 3. The highest BCUT2D eigenvalue weighted by Crippen LogP contribution is 2.47. The van der Waals surface area contributed by atoms with Crippen LogP contribution >= 0.6 is 0 Å². The van der Waals surface area contributed by atoms with Crippen LogP contribution in [0.15, 0.2) is 24.3 Å². The van der Waals surface area contributed by atoms with E-state index in [2.05, 4.69) is 0 Å². The van der Waals surface area contributed by atoms with Gasteiger partial charge in [0.1, 0.15) is 11.8 Å². The third kappa shape index (κ3) is 4.63. The zero-order chi connectivity index (χ0) is 23.8. The van der Waals surface area contributed by atoms with Crippen molar-refractivity contribution in [2.45, 2.75) is 50.9 Å². The lowest BCUT2D eigenvalue weighted by atomic mass is 9.98. The summed E-state index contributed by atoms with van der Waals surface area (Å²) in [6.45, 7) is 4.83. The monoisotopic (exact) mass is 461 g/mol. The number of carbonyl (C=O) groups is 3. The molecule has 33 heavy (non-hydrogen) atoms. The van der Waals surface area contributed by atoms with Crippen LogP contribution in [-0.4, -0.2) is 89.1 Å². The minimum atomic E-state index is -1.12. The Kier molecular flexibility index (Phi) is 6.49. The molecule has 180 valence electrons. The molecule has 0 bridgehead atoms. The van der Waals surface area contributed by atoms with Gasteiger partial charge in [0.2, 0.25) is 5.91 Å². The Labute approximate surface area is 192 Å². The van der Waals surface area contributed by atoms with Crippen LogP contribution in [0.4, 0.5) is 4.79 Å². The number of hydroxylamine groups is 2. The van der Waals surface area contributed by atoms with Gasteiger partial charge in [0, 0.05) is 20.1 Å². The number of aromatic hydroxyl groups is 1. The number of rotatable bonds is 7. The van der Waals surface area contributed by atoms with Crippen molar-refractivity contribution in [2.75, 3.05) is 33.4 Å². The average Bonchev–Trinajstić information content (AvgIpc) is 3.57. The molecule has 1 aromatic carbocycles. The maximum absolute atomic E-state index is 13.5. The van der Waals surface area contributed by atoms with Crippen molar-refractivity contribution in [1.29, 1.82) is 0 Å². The number of amides is 3. The Balaban J connectivity index is 1.67. The second kappa shape index (κ2) is 9.18. The summed E-state index contributed by atoms with van der Waals surface area (Å²) in [5, 5.41) is 10.8. The topological polar surface area (TPSA) is 109 Å². The van der Waals surface area contributed by atoms with E-state index in [9.17, 15) is 19.5 Å². The second-order valence-electron chi connectivity index (χ2n) is 9.24. The van der Waals surface area contributed by atoms with E-state index in [1.54, 1.807) is 36.3 Å². The van der Waals surface area contributed by atoms with Crippen molar-refractivity contribution >= 4 is 17.9 Å². The standard InChI is InChI=1S/C23H31N3O7/c1-15(2)14-32-22(30)26-19-13-24(10-11-31-3)20(28)18(12-16-4-6-17(27)7-5-16)25(19)21(29)23(33-26)8-9-23/h4-7,15,18-19,27H,8-14H2,1-3H3/t18-,19?/m0/s1. The van der Waals surface area contributed by atoms with Crippen LogP contribution in [0, 0.1) is 5.92 Å². The quantitative estimate of drug-likeness (QED) is 0.656. The largest absolute Gasteiger partial charge is 0.508 e. The highest BCUT2D eigenvalue weighted by molar-refractivity contribution is 5.95. The van der Waals surface area contributed by atoms with Crippen LogP contribution in [0.2, 0.25) is 0 Å². The predicted molar refractivity (Wildman–Crippen MR) is 116 cm³/mol. The molecule has 1 aromatic rings.